The summed E-state index contributed by atoms with van der Waals surface area (Å²) in [7, 11) is 0. The highest BCUT2D eigenvalue weighted by atomic mass is 32.1. The predicted molar refractivity (Wildman–Crippen MR) is 118 cm³/mol. The first-order valence-electron chi connectivity index (χ1n) is 9.67. The van der Waals surface area contributed by atoms with Crippen molar-refractivity contribution in [3.05, 3.63) is 92.8 Å². The van der Waals surface area contributed by atoms with Crippen LogP contribution in [0.5, 0.6) is 0 Å². The van der Waals surface area contributed by atoms with Gasteiger partial charge >= 0.3 is 0 Å². The molecule has 0 atom stereocenters. The van der Waals surface area contributed by atoms with Crippen molar-refractivity contribution in [1.82, 2.24) is 19.9 Å². The van der Waals surface area contributed by atoms with Gasteiger partial charge in [0.15, 0.2) is 0 Å². The van der Waals surface area contributed by atoms with Crippen molar-refractivity contribution >= 4 is 27.9 Å². The van der Waals surface area contributed by atoms with Crippen LogP contribution < -0.4 is 16.2 Å². The third kappa shape index (κ3) is 4.38. The van der Waals surface area contributed by atoms with Gasteiger partial charge < -0.3 is 10.6 Å². The molecular formula is C22H21N5O2S. The van der Waals surface area contributed by atoms with E-state index in [9.17, 15) is 9.59 Å². The number of nitrogens with zero attached hydrogens (tertiary/aromatic N) is 3. The van der Waals surface area contributed by atoms with Crippen LogP contribution >= 0.6 is 11.3 Å². The molecule has 0 saturated carbocycles. The number of hydrogen-bond acceptors (Lipinski definition) is 6. The average molecular weight is 420 g/mol. The van der Waals surface area contributed by atoms with Gasteiger partial charge in [0.1, 0.15) is 5.01 Å². The first kappa shape index (κ1) is 19.8. The summed E-state index contributed by atoms with van der Waals surface area (Å²) < 4.78 is 1.33. The van der Waals surface area contributed by atoms with E-state index in [1.807, 2.05) is 55.5 Å². The average Bonchev–Trinajstić information content (AvgIpc) is 3.21. The Morgan fingerprint density at radius 2 is 1.83 bits per heavy atom. The van der Waals surface area contributed by atoms with Crippen molar-refractivity contribution in [1.29, 1.82) is 0 Å². The summed E-state index contributed by atoms with van der Waals surface area (Å²) in [6, 6.07) is 18.5. The number of aryl methyl sites for hydroxylation is 1. The molecule has 0 spiro atoms. The van der Waals surface area contributed by atoms with E-state index in [0.717, 1.165) is 17.0 Å². The summed E-state index contributed by atoms with van der Waals surface area (Å²) in [4.78, 5) is 30.1. The van der Waals surface area contributed by atoms with Crippen LogP contribution in [0.4, 0.5) is 5.69 Å². The van der Waals surface area contributed by atoms with Gasteiger partial charge in [-0.15, -0.1) is 0 Å². The van der Waals surface area contributed by atoms with Crippen LogP contribution in [0.25, 0.3) is 4.96 Å². The van der Waals surface area contributed by atoms with Crippen molar-refractivity contribution in [2.45, 2.75) is 26.4 Å². The second-order valence-corrected chi connectivity index (χ2v) is 7.74. The van der Waals surface area contributed by atoms with E-state index in [-0.39, 0.29) is 11.5 Å². The molecule has 152 valence electrons. The number of carbonyl (C=O) groups excluding carboxylic acids is 1. The van der Waals surface area contributed by atoms with E-state index < -0.39 is 0 Å². The Bertz CT molecular complexity index is 1230. The largest absolute Gasteiger partial charge is 0.379 e. The maximum atomic E-state index is 12.7. The van der Waals surface area contributed by atoms with Gasteiger partial charge in [-0.2, -0.15) is 9.61 Å². The summed E-state index contributed by atoms with van der Waals surface area (Å²) in [6.07, 6.45) is 0.756. The molecule has 2 N–H and O–H groups in total. The zero-order valence-corrected chi connectivity index (χ0v) is 17.3. The van der Waals surface area contributed by atoms with Gasteiger partial charge in [0.25, 0.3) is 11.5 Å². The number of fused-ring (bicyclic) bond motifs is 1. The van der Waals surface area contributed by atoms with Gasteiger partial charge in [0.2, 0.25) is 4.96 Å². The van der Waals surface area contributed by atoms with E-state index in [2.05, 4.69) is 20.7 Å². The van der Waals surface area contributed by atoms with Gasteiger partial charge in [0.05, 0.1) is 17.8 Å². The number of para-hydroxylation sites is 1. The van der Waals surface area contributed by atoms with Crippen LogP contribution in [0.15, 0.2) is 65.5 Å². The van der Waals surface area contributed by atoms with Gasteiger partial charge in [0, 0.05) is 18.3 Å². The number of amides is 1. The number of nitrogens with one attached hydrogen (secondary N) is 2. The summed E-state index contributed by atoms with van der Waals surface area (Å²) in [5.74, 6) is -0.166. The molecule has 0 saturated heterocycles. The zero-order chi connectivity index (χ0) is 20.9. The minimum absolute atomic E-state index is 0.166. The monoisotopic (exact) mass is 419 g/mol. The quantitative estimate of drug-likeness (QED) is 0.480. The first-order chi connectivity index (χ1) is 14.6. The summed E-state index contributed by atoms with van der Waals surface area (Å²) >= 11 is 1.41. The van der Waals surface area contributed by atoms with E-state index in [1.54, 1.807) is 6.07 Å². The Hall–Kier alpha value is -3.52. The second kappa shape index (κ2) is 8.87. The Kier molecular flexibility index (Phi) is 5.85. The third-order valence-corrected chi connectivity index (χ3v) is 5.62. The molecule has 0 bridgehead atoms. The number of benzene rings is 2. The SMILES string of the molecule is CCc1nn2c(=O)cc(CNc3ccccc3C(=O)NCc3ccccc3)nc2s1. The smallest absolute Gasteiger partial charge is 0.275 e. The fraction of sp³-hybridized carbons (Fsp3) is 0.182. The van der Waals surface area contributed by atoms with E-state index in [0.29, 0.717) is 35.0 Å². The number of hydrogen-bond donors (Lipinski definition) is 2. The normalized spacial score (nSPS) is 10.8. The number of carbonyl (C=O) groups is 1. The molecule has 0 unspecified atom stereocenters. The molecular weight excluding hydrogens is 398 g/mol. The standard InChI is InChI=1S/C22H21N5O2S/c1-2-19-26-27-20(28)12-16(25-22(27)30-19)14-23-18-11-7-6-10-17(18)21(29)24-13-15-8-4-3-5-9-15/h3-12,23H,2,13-14H2,1H3,(H,24,29). The minimum atomic E-state index is -0.207. The Labute approximate surface area is 177 Å². The highest BCUT2D eigenvalue weighted by Crippen LogP contribution is 2.17. The lowest BCUT2D eigenvalue weighted by atomic mass is 10.1. The fourth-order valence-corrected chi connectivity index (χ4v) is 3.88. The summed E-state index contributed by atoms with van der Waals surface area (Å²) in [5, 5.41) is 11.3. The highest BCUT2D eigenvalue weighted by molar-refractivity contribution is 7.16. The van der Waals surface area contributed by atoms with Gasteiger partial charge in [-0.25, -0.2) is 4.98 Å². The van der Waals surface area contributed by atoms with Gasteiger partial charge in [-0.05, 0) is 24.1 Å². The maximum absolute atomic E-state index is 12.7. The van der Waals surface area contributed by atoms with Gasteiger partial charge in [-0.3, -0.25) is 9.59 Å². The molecule has 7 nitrogen and oxygen atoms in total. The topological polar surface area (TPSA) is 88.4 Å². The van der Waals surface area contributed by atoms with Crippen LogP contribution in [0.3, 0.4) is 0 Å². The van der Waals surface area contributed by atoms with Crippen molar-refractivity contribution < 1.29 is 4.79 Å². The minimum Gasteiger partial charge on any atom is -0.379 e. The lowest BCUT2D eigenvalue weighted by Crippen LogP contribution is -2.24. The molecule has 0 fully saturated rings. The fourth-order valence-electron chi connectivity index (χ4n) is 3.02. The van der Waals surface area contributed by atoms with E-state index in [4.69, 9.17) is 0 Å². The second-order valence-electron chi connectivity index (χ2n) is 6.70. The molecule has 1 amide bonds. The van der Waals surface area contributed by atoms with Crippen molar-refractivity contribution in [2.24, 2.45) is 0 Å². The molecule has 0 aliphatic heterocycles. The van der Waals surface area contributed by atoms with Crippen molar-refractivity contribution in [2.75, 3.05) is 5.32 Å². The molecule has 4 aromatic rings. The number of anilines is 1. The van der Waals surface area contributed by atoms with Crippen LogP contribution in [-0.4, -0.2) is 20.5 Å². The summed E-state index contributed by atoms with van der Waals surface area (Å²) in [6.45, 7) is 2.77. The molecule has 30 heavy (non-hydrogen) atoms. The Morgan fingerprint density at radius 3 is 2.63 bits per heavy atom. The van der Waals surface area contributed by atoms with E-state index in [1.165, 1.54) is 21.9 Å². The zero-order valence-electron chi connectivity index (χ0n) is 16.5. The molecule has 2 aromatic heterocycles. The van der Waals surface area contributed by atoms with Crippen LogP contribution in [0.1, 0.15) is 33.5 Å². The molecule has 0 aliphatic rings. The number of aromatic nitrogens is 3. The number of rotatable bonds is 7. The van der Waals surface area contributed by atoms with Crippen LogP contribution in [0.2, 0.25) is 0 Å². The lowest BCUT2D eigenvalue weighted by Gasteiger charge is -2.12. The molecule has 0 aliphatic carbocycles. The van der Waals surface area contributed by atoms with Crippen LogP contribution in [0, 0.1) is 0 Å². The highest BCUT2D eigenvalue weighted by Gasteiger charge is 2.12. The lowest BCUT2D eigenvalue weighted by molar-refractivity contribution is 0.0951. The molecule has 2 heterocycles. The molecule has 8 heteroatoms. The van der Waals surface area contributed by atoms with E-state index >= 15 is 0 Å². The Morgan fingerprint density at radius 1 is 1.07 bits per heavy atom. The first-order valence-corrected chi connectivity index (χ1v) is 10.5. The van der Waals surface area contributed by atoms with Gasteiger partial charge in [-0.1, -0.05) is 60.7 Å². The Balaban J connectivity index is 1.48. The molecule has 2 aromatic carbocycles. The predicted octanol–water partition coefficient (Wildman–Crippen LogP) is 3.26. The molecule has 4 rings (SSSR count). The van der Waals surface area contributed by atoms with Crippen molar-refractivity contribution in [3.8, 4) is 0 Å². The molecule has 0 radical (unpaired) electrons. The maximum Gasteiger partial charge on any atom is 0.275 e. The summed E-state index contributed by atoms with van der Waals surface area (Å²) in [5.41, 5.74) is 2.65. The third-order valence-electron chi connectivity index (χ3n) is 4.57. The van der Waals surface area contributed by atoms with Crippen molar-refractivity contribution in [3.63, 3.8) is 0 Å². The van der Waals surface area contributed by atoms with Crippen LogP contribution in [-0.2, 0) is 19.5 Å².